The molecule has 2 N–H and O–H groups in total. The first-order valence-corrected chi connectivity index (χ1v) is 13.2. The van der Waals surface area contributed by atoms with E-state index in [0.717, 1.165) is 18.0 Å². The summed E-state index contributed by atoms with van der Waals surface area (Å²) in [4.78, 5) is 12.0. The Labute approximate surface area is 196 Å². The molecule has 1 atom stereocenters. The molecule has 176 valence electrons. The molecule has 0 aliphatic heterocycles. The fourth-order valence-electron chi connectivity index (χ4n) is 4.81. The van der Waals surface area contributed by atoms with Gasteiger partial charge in [-0.3, -0.25) is 9.52 Å². The van der Waals surface area contributed by atoms with Crippen molar-refractivity contribution >= 4 is 26.6 Å². The van der Waals surface area contributed by atoms with Crippen molar-refractivity contribution in [1.29, 1.82) is 0 Å². The van der Waals surface area contributed by atoms with Crippen molar-refractivity contribution in [1.82, 2.24) is 9.88 Å². The lowest BCUT2D eigenvalue weighted by atomic mass is 9.81. The van der Waals surface area contributed by atoms with Crippen molar-refractivity contribution in [3.63, 3.8) is 0 Å². The fourth-order valence-corrected chi connectivity index (χ4v) is 5.95. The van der Waals surface area contributed by atoms with Crippen LogP contribution in [0.1, 0.15) is 44.6 Å². The molecule has 0 radical (unpaired) electrons. The quantitative estimate of drug-likeness (QED) is 0.506. The molecule has 1 unspecified atom stereocenters. The number of pyridine rings is 1. The normalized spacial score (nSPS) is 16.1. The number of hydrogen-bond acceptors (Lipinski definition) is 4. The maximum atomic E-state index is 13.1. The Balaban J connectivity index is 1.47. The van der Waals surface area contributed by atoms with E-state index in [2.05, 4.69) is 17.0 Å². The lowest BCUT2D eigenvalue weighted by molar-refractivity contribution is 0.256. The van der Waals surface area contributed by atoms with E-state index in [1.54, 1.807) is 31.3 Å². The molecule has 1 aliphatic carbocycles. The van der Waals surface area contributed by atoms with E-state index in [-0.39, 0.29) is 10.5 Å². The minimum atomic E-state index is -3.77. The molecule has 33 heavy (non-hydrogen) atoms. The zero-order chi connectivity index (χ0) is 23.4. The average Bonchev–Trinajstić information content (AvgIpc) is 2.82. The van der Waals surface area contributed by atoms with Crippen molar-refractivity contribution in [2.24, 2.45) is 18.9 Å². The predicted molar refractivity (Wildman–Crippen MR) is 134 cm³/mol. The summed E-state index contributed by atoms with van der Waals surface area (Å²) >= 11 is 0. The van der Waals surface area contributed by atoms with Gasteiger partial charge in [-0.05, 0) is 59.7 Å². The van der Waals surface area contributed by atoms with Crippen molar-refractivity contribution in [2.75, 3.05) is 11.3 Å². The zero-order valence-electron chi connectivity index (χ0n) is 19.4. The molecule has 4 rings (SSSR count). The second-order valence-electron chi connectivity index (χ2n) is 9.22. The van der Waals surface area contributed by atoms with Gasteiger partial charge < -0.3 is 9.88 Å². The van der Waals surface area contributed by atoms with Gasteiger partial charge in [0.05, 0.1) is 16.1 Å². The van der Waals surface area contributed by atoms with Gasteiger partial charge in [-0.2, -0.15) is 0 Å². The maximum Gasteiger partial charge on any atom is 0.261 e. The van der Waals surface area contributed by atoms with Crippen LogP contribution in [0.5, 0.6) is 0 Å². The topological polar surface area (TPSA) is 80.2 Å². The third kappa shape index (κ3) is 5.47. The number of fused-ring (bicyclic) bond motifs is 1. The lowest BCUT2D eigenvalue weighted by Crippen LogP contribution is -2.27. The number of nitrogens with zero attached hydrogens (tertiary/aromatic N) is 1. The molecule has 3 aromatic rings. The summed E-state index contributed by atoms with van der Waals surface area (Å²) in [6.07, 6.45) is 6.67. The summed E-state index contributed by atoms with van der Waals surface area (Å²) in [5.41, 5.74) is 2.06. The molecule has 6 nitrogen and oxygen atoms in total. The number of nitrogens with one attached hydrogen (secondary N) is 2. The lowest BCUT2D eigenvalue weighted by Gasteiger charge is -2.28. The van der Waals surface area contributed by atoms with Crippen LogP contribution in [0.15, 0.2) is 64.3 Å². The highest BCUT2D eigenvalue weighted by Crippen LogP contribution is 2.29. The number of benzene rings is 2. The van der Waals surface area contributed by atoms with E-state index < -0.39 is 10.0 Å². The Morgan fingerprint density at radius 2 is 1.79 bits per heavy atom. The monoisotopic (exact) mass is 467 g/mol. The molecule has 1 aliphatic rings. The first-order valence-electron chi connectivity index (χ1n) is 11.8. The van der Waals surface area contributed by atoms with E-state index in [4.69, 9.17) is 0 Å². The first kappa shape index (κ1) is 23.5. The van der Waals surface area contributed by atoms with Crippen LogP contribution in [0.2, 0.25) is 0 Å². The minimum absolute atomic E-state index is 0.129. The SMILES string of the molecule is CC(CNCc1ccccc1NS(=O)(=O)c1ccc2c(ccc(=O)n2C)c1)C1CCCCC1. The Kier molecular flexibility index (Phi) is 7.20. The van der Waals surface area contributed by atoms with E-state index in [9.17, 15) is 13.2 Å². The molecular weight excluding hydrogens is 434 g/mol. The number of sulfonamides is 1. The minimum Gasteiger partial charge on any atom is -0.312 e. The molecule has 1 saturated carbocycles. The van der Waals surface area contributed by atoms with Gasteiger partial charge in [0.2, 0.25) is 0 Å². The Morgan fingerprint density at radius 1 is 1.03 bits per heavy atom. The molecule has 1 heterocycles. The third-order valence-electron chi connectivity index (χ3n) is 6.90. The molecule has 0 spiro atoms. The van der Waals surface area contributed by atoms with Crippen LogP contribution in [0.4, 0.5) is 5.69 Å². The van der Waals surface area contributed by atoms with Crippen LogP contribution in [0.3, 0.4) is 0 Å². The molecule has 0 bridgehead atoms. The van der Waals surface area contributed by atoms with E-state index in [1.807, 2.05) is 18.2 Å². The van der Waals surface area contributed by atoms with Gasteiger partial charge >= 0.3 is 0 Å². The largest absolute Gasteiger partial charge is 0.312 e. The van der Waals surface area contributed by atoms with Crippen LogP contribution in [0, 0.1) is 11.8 Å². The Bertz CT molecular complexity index is 1280. The number of rotatable bonds is 8. The first-order chi connectivity index (χ1) is 15.8. The highest BCUT2D eigenvalue weighted by Gasteiger charge is 2.20. The summed E-state index contributed by atoms with van der Waals surface area (Å²) < 4.78 is 30.5. The average molecular weight is 468 g/mol. The number of aryl methyl sites for hydroxylation is 1. The number of hydrogen-bond donors (Lipinski definition) is 2. The van der Waals surface area contributed by atoms with Gasteiger partial charge in [0.15, 0.2) is 0 Å². The number of aromatic nitrogens is 1. The second-order valence-corrected chi connectivity index (χ2v) is 10.9. The second kappa shape index (κ2) is 10.1. The van der Waals surface area contributed by atoms with E-state index >= 15 is 0 Å². The van der Waals surface area contributed by atoms with Gasteiger partial charge in [-0.25, -0.2) is 8.42 Å². The van der Waals surface area contributed by atoms with Crippen molar-refractivity contribution in [3.05, 3.63) is 70.5 Å². The molecule has 7 heteroatoms. The summed E-state index contributed by atoms with van der Waals surface area (Å²) in [5, 5.41) is 4.23. The van der Waals surface area contributed by atoms with Gasteiger partial charge in [0.1, 0.15) is 0 Å². The van der Waals surface area contributed by atoms with Crippen LogP contribution in [-0.4, -0.2) is 19.5 Å². The van der Waals surface area contributed by atoms with Crippen molar-refractivity contribution in [2.45, 2.75) is 50.5 Å². The van der Waals surface area contributed by atoms with E-state index in [0.29, 0.717) is 29.1 Å². The van der Waals surface area contributed by atoms with Crippen molar-refractivity contribution < 1.29 is 8.42 Å². The van der Waals surface area contributed by atoms with Crippen LogP contribution >= 0.6 is 0 Å². The molecular formula is C26H33N3O3S. The highest BCUT2D eigenvalue weighted by molar-refractivity contribution is 7.92. The third-order valence-corrected chi connectivity index (χ3v) is 8.27. The maximum absolute atomic E-state index is 13.1. The summed E-state index contributed by atoms with van der Waals surface area (Å²) in [6, 6.07) is 15.4. The standard InChI is InChI=1S/C26H33N3O3S/c1-19(20-8-4-3-5-9-20)17-27-18-22-10-6-7-11-24(22)28-33(31,32)23-13-14-25-21(16-23)12-15-26(30)29(25)2/h6-7,10-16,19-20,27-28H,3-5,8-9,17-18H2,1-2H3. The van der Waals surface area contributed by atoms with Gasteiger partial charge in [0, 0.05) is 19.7 Å². The molecule has 1 aromatic heterocycles. The molecule has 1 fully saturated rings. The van der Waals surface area contributed by atoms with E-state index in [1.165, 1.54) is 48.8 Å². The van der Waals surface area contributed by atoms with Gasteiger partial charge in [0.25, 0.3) is 15.6 Å². The van der Waals surface area contributed by atoms with Crippen LogP contribution < -0.4 is 15.6 Å². The molecule has 0 saturated heterocycles. The molecule has 0 amide bonds. The number of para-hydroxylation sites is 1. The highest BCUT2D eigenvalue weighted by atomic mass is 32.2. The van der Waals surface area contributed by atoms with Gasteiger partial charge in [-0.15, -0.1) is 0 Å². The van der Waals surface area contributed by atoms with Gasteiger partial charge in [-0.1, -0.05) is 57.2 Å². The zero-order valence-corrected chi connectivity index (χ0v) is 20.2. The smallest absolute Gasteiger partial charge is 0.261 e. The van der Waals surface area contributed by atoms with Crippen molar-refractivity contribution in [3.8, 4) is 0 Å². The number of anilines is 1. The molecule has 2 aromatic carbocycles. The fraction of sp³-hybridized carbons (Fsp3) is 0.423. The Morgan fingerprint density at radius 3 is 2.58 bits per heavy atom. The Hall–Kier alpha value is -2.64. The summed E-state index contributed by atoms with van der Waals surface area (Å²) in [6.45, 7) is 3.85. The summed E-state index contributed by atoms with van der Waals surface area (Å²) in [5.74, 6) is 1.40. The summed E-state index contributed by atoms with van der Waals surface area (Å²) in [7, 11) is -2.10. The predicted octanol–water partition coefficient (Wildman–Crippen LogP) is 4.65. The van der Waals surface area contributed by atoms with Crippen LogP contribution in [-0.2, 0) is 23.6 Å². The van der Waals surface area contributed by atoms with Crippen LogP contribution in [0.25, 0.3) is 10.9 Å².